The van der Waals surface area contributed by atoms with Crippen LogP contribution in [0.5, 0.6) is 0 Å². The van der Waals surface area contributed by atoms with Gasteiger partial charge in [-0.15, -0.1) is 0 Å². The lowest BCUT2D eigenvalue weighted by Gasteiger charge is -2.14. The van der Waals surface area contributed by atoms with Crippen molar-refractivity contribution in [3.63, 3.8) is 0 Å². The quantitative estimate of drug-likeness (QED) is 0.260. The summed E-state index contributed by atoms with van der Waals surface area (Å²) in [5.74, 6) is 2.83. The van der Waals surface area contributed by atoms with E-state index in [1.165, 1.54) is 19.2 Å². The van der Waals surface area contributed by atoms with Crippen LogP contribution in [0.4, 0.5) is 4.79 Å². The van der Waals surface area contributed by atoms with E-state index >= 15 is 0 Å². The molecule has 1 aliphatic heterocycles. The second kappa shape index (κ2) is 5.62. The molecule has 0 bridgehead atoms. The van der Waals surface area contributed by atoms with Crippen molar-refractivity contribution in [2.75, 3.05) is 7.05 Å². The van der Waals surface area contributed by atoms with Crippen molar-refractivity contribution < 1.29 is 19.2 Å². The highest BCUT2D eigenvalue weighted by atomic mass is 79.9. The number of carbonyl (C=O) groups excluding carboxylic acids is 4. The second-order valence-corrected chi connectivity index (χ2v) is 5.17. The highest BCUT2D eigenvalue weighted by molar-refractivity contribution is 9.10. The molecule has 0 atom stereocenters. The first-order valence-corrected chi connectivity index (χ1v) is 6.59. The summed E-state index contributed by atoms with van der Waals surface area (Å²) in [4.78, 5) is 47.9. The van der Waals surface area contributed by atoms with Crippen LogP contribution >= 0.6 is 15.9 Å². The Morgan fingerprint density at radius 1 is 1.29 bits per heavy atom. The van der Waals surface area contributed by atoms with Gasteiger partial charge < -0.3 is 0 Å². The molecule has 9 heteroatoms. The van der Waals surface area contributed by atoms with Gasteiger partial charge in [0.05, 0.1) is 6.54 Å². The molecule has 0 unspecified atom stereocenters. The molecule has 8 nitrogen and oxygen atoms in total. The molecular weight excluding hydrogens is 344 g/mol. The number of nitrogens with zero attached hydrogens (tertiary/aromatic N) is 2. The number of halogens is 1. The van der Waals surface area contributed by atoms with Crippen molar-refractivity contribution in [3.8, 4) is 0 Å². The van der Waals surface area contributed by atoms with Gasteiger partial charge in [-0.2, -0.15) is 0 Å². The van der Waals surface area contributed by atoms with E-state index in [0.717, 1.165) is 9.80 Å². The van der Waals surface area contributed by atoms with E-state index in [2.05, 4.69) is 15.9 Å². The Morgan fingerprint density at radius 3 is 2.43 bits per heavy atom. The fourth-order valence-corrected chi connectivity index (χ4v) is 2.33. The zero-order chi connectivity index (χ0) is 15.7. The minimum atomic E-state index is -0.877. The number of imide groups is 2. The summed E-state index contributed by atoms with van der Waals surface area (Å²) in [5.41, 5.74) is 2.89. The molecule has 1 aliphatic rings. The summed E-state index contributed by atoms with van der Waals surface area (Å²) in [7, 11) is 1.24. The second-order valence-electron chi connectivity index (χ2n) is 4.32. The van der Waals surface area contributed by atoms with Crippen LogP contribution in [0.3, 0.4) is 0 Å². The Bertz CT molecular complexity index is 661. The van der Waals surface area contributed by atoms with Crippen LogP contribution in [-0.2, 0) is 16.1 Å². The van der Waals surface area contributed by atoms with Crippen molar-refractivity contribution >= 4 is 39.7 Å². The van der Waals surface area contributed by atoms with Crippen molar-refractivity contribution in [2.24, 2.45) is 5.84 Å². The van der Waals surface area contributed by atoms with E-state index < -0.39 is 23.8 Å². The van der Waals surface area contributed by atoms with Crippen molar-refractivity contribution in [1.29, 1.82) is 0 Å². The molecule has 3 N–H and O–H groups in total. The lowest BCUT2D eigenvalue weighted by atomic mass is 10.1. The lowest BCUT2D eigenvalue weighted by molar-refractivity contribution is -0.143. The number of rotatable bonds is 3. The van der Waals surface area contributed by atoms with Crippen LogP contribution in [0, 0.1) is 0 Å². The standard InChI is InChI=1S/C12H11BrN4O4/c1-16-10(19)11(20)17(12(16)21)5-7-3-2-6(4-8(7)13)9(18)15-14/h2-4H,5,14H2,1H3,(H,15,18). The molecule has 1 fully saturated rings. The number of hydrogen-bond donors (Lipinski definition) is 2. The fraction of sp³-hybridized carbons (Fsp3) is 0.167. The smallest absolute Gasteiger partial charge is 0.290 e. The Morgan fingerprint density at radius 2 is 1.95 bits per heavy atom. The Kier molecular flexibility index (Phi) is 4.05. The maximum Gasteiger partial charge on any atom is 0.334 e. The van der Waals surface area contributed by atoms with Gasteiger partial charge in [-0.05, 0) is 17.7 Å². The van der Waals surface area contributed by atoms with Crippen LogP contribution < -0.4 is 11.3 Å². The molecule has 21 heavy (non-hydrogen) atoms. The van der Waals surface area contributed by atoms with Crippen LogP contribution in [-0.4, -0.2) is 40.6 Å². The molecule has 0 aliphatic carbocycles. The van der Waals surface area contributed by atoms with Gasteiger partial charge in [0.2, 0.25) is 0 Å². The van der Waals surface area contributed by atoms with Gasteiger partial charge in [0.1, 0.15) is 0 Å². The SMILES string of the molecule is CN1C(=O)C(=O)N(Cc2ccc(C(=O)NN)cc2Br)C1=O. The molecule has 1 heterocycles. The third-order valence-electron chi connectivity index (χ3n) is 3.03. The maximum absolute atomic E-state index is 11.8. The molecule has 1 aromatic carbocycles. The number of likely N-dealkylation sites (N-methyl/N-ethyl adjacent to an activating group) is 1. The van der Waals surface area contributed by atoms with E-state index in [-0.39, 0.29) is 6.54 Å². The largest absolute Gasteiger partial charge is 0.334 e. The molecule has 2 rings (SSSR count). The summed E-state index contributed by atoms with van der Waals surface area (Å²) in [6.07, 6.45) is 0. The third-order valence-corrected chi connectivity index (χ3v) is 3.76. The first kappa shape index (κ1) is 15.1. The summed E-state index contributed by atoms with van der Waals surface area (Å²) >= 11 is 3.25. The predicted octanol–water partition coefficient (Wildman–Crippen LogP) is -0.0268. The minimum absolute atomic E-state index is 0.0706. The summed E-state index contributed by atoms with van der Waals surface area (Å²) in [5, 5.41) is 0. The molecule has 0 radical (unpaired) electrons. The number of nitrogens with one attached hydrogen (secondary N) is 1. The molecule has 0 spiro atoms. The zero-order valence-electron chi connectivity index (χ0n) is 10.9. The van der Waals surface area contributed by atoms with Crippen LogP contribution in [0.1, 0.15) is 15.9 Å². The number of amides is 5. The molecular formula is C12H11BrN4O4. The summed E-state index contributed by atoms with van der Waals surface area (Å²) in [6.45, 7) is -0.0706. The van der Waals surface area contributed by atoms with Crippen molar-refractivity contribution in [3.05, 3.63) is 33.8 Å². The minimum Gasteiger partial charge on any atom is -0.290 e. The van der Waals surface area contributed by atoms with E-state index in [1.54, 1.807) is 6.07 Å². The normalized spacial score (nSPS) is 14.9. The molecule has 0 saturated carbocycles. The van der Waals surface area contributed by atoms with Gasteiger partial charge in [0.25, 0.3) is 5.91 Å². The first-order valence-electron chi connectivity index (χ1n) is 5.79. The number of hydrazine groups is 1. The van der Waals surface area contributed by atoms with Gasteiger partial charge in [0, 0.05) is 17.1 Å². The van der Waals surface area contributed by atoms with Crippen molar-refractivity contribution in [1.82, 2.24) is 15.2 Å². The average molecular weight is 355 g/mol. The van der Waals surface area contributed by atoms with Gasteiger partial charge >= 0.3 is 17.8 Å². The number of benzene rings is 1. The maximum atomic E-state index is 11.8. The molecule has 0 aromatic heterocycles. The number of carbonyl (C=O) groups is 4. The van der Waals surface area contributed by atoms with Gasteiger partial charge in [-0.1, -0.05) is 22.0 Å². The van der Waals surface area contributed by atoms with E-state index in [1.807, 2.05) is 5.43 Å². The topological polar surface area (TPSA) is 113 Å². The Hall–Kier alpha value is -2.26. The number of nitrogens with two attached hydrogens (primary N) is 1. The Labute approximate surface area is 128 Å². The highest BCUT2D eigenvalue weighted by Crippen LogP contribution is 2.22. The predicted molar refractivity (Wildman–Crippen MR) is 74.5 cm³/mol. The van der Waals surface area contributed by atoms with Crippen molar-refractivity contribution in [2.45, 2.75) is 6.54 Å². The summed E-state index contributed by atoms with van der Waals surface area (Å²) in [6, 6.07) is 3.89. The third kappa shape index (κ3) is 2.65. The number of hydrogen-bond acceptors (Lipinski definition) is 5. The van der Waals surface area contributed by atoms with Crippen LogP contribution in [0.2, 0.25) is 0 Å². The molecule has 1 saturated heterocycles. The van der Waals surface area contributed by atoms with Gasteiger partial charge in [0.15, 0.2) is 0 Å². The zero-order valence-corrected chi connectivity index (χ0v) is 12.5. The van der Waals surface area contributed by atoms with Crippen LogP contribution in [0.25, 0.3) is 0 Å². The van der Waals surface area contributed by atoms with E-state index in [4.69, 9.17) is 5.84 Å². The van der Waals surface area contributed by atoms with Gasteiger partial charge in [-0.25, -0.2) is 10.6 Å². The highest BCUT2D eigenvalue weighted by Gasteiger charge is 2.42. The lowest BCUT2D eigenvalue weighted by Crippen LogP contribution is -2.31. The van der Waals surface area contributed by atoms with Crippen LogP contribution in [0.15, 0.2) is 22.7 Å². The van der Waals surface area contributed by atoms with Gasteiger partial charge in [-0.3, -0.25) is 29.6 Å². The van der Waals surface area contributed by atoms with E-state index in [9.17, 15) is 19.2 Å². The first-order chi connectivity index (χ1) is 9.86. The molecule has 110 valence electrons. The average Bonchev–Trinajstić information content (AvgIpc) is 2.66. The molecule has 1 aromatic rings. The Balaban J connectivity index is 2.25. The number of nitrogen functional groups attached to an aromatic ring is 1. The molecule has 5 amide bonds. The van der Waals surface area contributed by atoms with E-state index in [0.29, 0.717) is 15.6 Å². The summed E-state index contributed by atoms with van der Waals surface area (Å²) < 4.78 is 0.520. The number of urea groups is 1. The monoisotopic (exact) mass is 354 g/mol. The fourth-order valence-electron chi connectivity index (χ4n) is 1.82.